The number of fused-ring (bicyclic) bond motifs is 2. The number of para-hydroxylation sites is 1. The number of hydrogen-bond donors (Lipinski definition) is 0. The fourth-order valence-corrected chi connectivity index (χ4v) is 3.67. The van der Waals surface area contributed by atoms with Crippen molar-refractivity contribution in [2.24, 2.45) is 11.8 Å². The molecule has 1 unspecified atom stereocenters. The molecule has 1 aromatic carbocycles. The van der Waals surface area contributed by atoms with E-state index in [1.54, 1.807) is 5.57 Å². The third-order valence-corrected chi connectivity index (χ3v) is 4.79. The van der Waals surface area contributed by atoms with Crippen molar-refractivity contribution >= 4 is 11.3 Å². The summed E-state index contributed by atoms with van der Waals surface area (Å²) in [5, 5.41) is 4.94. The Hall–Kier alpha value is -1.24. The van der Waals surface area contributed by atoms with Gasteiger partial charge in [-0.1, -0.05) is 24.6 Å². The number of allylic oxidation sites excluding steroid dienone is 2. The van der Waals surface area contributed by atoms with E-state index in [9.17, 15) is 0 Å². The van der Waals surface area contributed by atoms with Crippen molar-refractivity contribution in [1.29, 1.82) is 0 Å². The van der Waals surface area contributed by atoms with Crippen molar-refractivity contribution in [3.63, 3.8) is 0 Å². The van der Waals surface area contributed by atoms with Gasteiger partial charge in [0, 0.05) is 17.2 Å². The van der Waals surface area contributed by atoms with Crippen LogP contribution < -0.4 is 5.32 Å². The minimum Gasteiger partial charge on any atom is -0.252 e. The van der Waals surface area contributed by atoms with Gasteiger partial charge in [-0.05, 0) is 49.7 Å². The molecule has 1 aliphatic heterocycles. The zero-order valence-corrected chi connectivity index (χ0v) is 10.2. The first-order valence-corrected chi connectivity index (χ1v) is 6.97. The molecule has 1 aromatic rings. The molecule has 17 heavy (non-hydrogen) atoms. The number of nitrogens with zero attached hydrogens (tertiary/aromatic N) is 1. The second kappa shape index (κ2) is 3.63. The third-order valence-electron chi connectivity index (χ3n) is 4.79. The van der Waals surface area contributed by atoms with Gasteiger partial charge in [0.2, 0.25) is 0 Å². The van der Waals surface area contributed by atoms with Crippen molar-refractivity contribution in [1.82, 2.24) is 5.32 Å². The Labute approximate surface area is 103 Å². The molecular formula is C16H18N. The van der Waals surface area contributed by atoms with E-state index in [0.717, 1.165) is 11.8 Å². The van der Waals surface area contributed by atoms with Crippen LogP contribution in [0.15, 0.2) is 30.0 Å². The molecule has 0 saturated heterocycles. The molecule has 3 aliphatic rings. The Morgan fingerprint density at radius 1 is 1.00 bits per heavy atom. The molecular weight excluding hydrogens is 206 g/mol. The van der Waals surface area contributed by atoms with E-state index in [4.69, 9.17) is 5.32 Å². The standard InChI is InChI=1S/C16H18N/c1-2-10-15-13(7-1)14-9-4-8-12(16(14)17-15)11-5-3-6-11/h1-2,7,10-12H,3-6,8-9H2. The minimum absolute atomic E-state index is 0.778. The lowest BCUT2D eigenvalue weighted by Crippen LogP contribution is -2.27. The second-order valence-corrected chi connectivity index (χ2v) is 5.68. The molecule has 1 nitrogen and oxygen atoms in total. The van der Waals surface area contributed by atoms with E-state index in [-0.39, 0.29) is 0 Å². The molecule has 0 aromatic heterocycles. The zero-order chi connectivity index (χ0) is 11.2. The molecule has 1 fully saturated rings. The average Bonchev–Trinajstić information content (AvgIpc) is 2.67. The Bertz CT molecular complexity index is 482. The molecule has 1 heteroatoms. The highest BCUT2D eigenvalue weighted by Gasteiger charge is 2.37. The summed E-state index contributed by atoms with van der Waals surface area (Å²) in [7, 11) is 0. The number of rotatable bonds is 1. The molecule has 1 radical (unpaired) electrons. The molecule has 0 spiro atoms. The summed E-state index contributed by atoms with van der Waals surface area (Å²) in [6.07, 6.45) is 8.31. The van der Waals surface area contributed by atoms with Gasteiger partial charge in [0.05, 0.1) is 5.69 Å². The summed E-state index contributed by atoms with van der Waals surface area (Å²) >= 11 is 0. The smallest absolute Gasteiger partial charge is 0.0708 e. The molecule has 1 atom stereocenters. The highest BCUT2D eigenvalue weighted by atomic mass is 14.9. The Morgan fingerprint density at radius 3 is 2.71 bits per heavy atom. The summed E-state index contributed by atoms with van der Waals surface area (Å²) in [6, 6.07) is 8.69. The van der Waals surface area contributed by atoms with Crippen LogP contribution in [0.4, 0.5) is 5.69 Å². The zero-order valence-electron chi connectivity index (χ0n) is 10.2. The highest BCUT2D eigenvalue weighted by Crippen LogP contribution is 2.50. The van der Waals surface area contributed by atoms with Crippen LogP contribution in [0.1, 0.15) is 44.1 Å². The molecule has 4 rings (SSSR count). The van der Waals surface area contributed by atoms with E-state index in [2.05, 4.69) is 24.3 Å². The van der Waals surface area contributed by atoms with Gasteiger partial charge in [0.1, 0.15) is 0 Å². The third kappa shape index (κ3) is 1.38. The average molecular weight is 224 g/mol. The molecule has 2 aliphatic carbocycles. The van der Waals surface area contributed by atoms with E-state index in [1.807, 2.05) is 0 Å². The predicted molar refractivity (Wildman–Crippen MR) is 69.8 cm³/mol. The first-order chi connectivity index (χ1) is 8.43. The maximum absolute atomic E-state index is 4.94. The Balaban J connectivity index is 1.74. The van der Waals surface area contributed by atoms with Crippen molar-refractivity contribution in [2.75, 3.05) is 0 Å². The minimum atomic E-state index is 0.778. The van der Waals surface area contributed by atoms with Gasteiger partial charge >= 0.3 is 0 Å². The van der Waals surface area contributed by atoms with Crippen LogP contribution in [-0.2, 0) is 0 Å². The van der Waals surface area contributed by atoms with Gasteiger partial charge in [-0.3, -0.25) is 5.32 Å². The van der Waals surface area contributed by atoms with E-state index in [1.165, 1.54) is 55.5 Å². The maximum atomic E-state index is 4.94. The summed E-state index contributed by atoms with van der Waals surface area (Å²) in [6.45, 7) is 0. The lowest BCUT2D eigenvalue weighted by molar-refractivity contribution is 0.213. The van der Waals surface area contributed by atoms with Crippen LogP contribution in [0.2, 0.25) is 0 Å². The molecule has 0 amide bonds. The number of benzene rings is 1. The van der Waals surface area contributed by atoms with Crippen molar-refractivity contribution in [2.45, 2.75) is 38.5 Å². The summed E-state index contributed by atoms with van der Waals surface area (Å²) in [5.74, 6) is 1.72. The van der Waals surface area contributed by atoms with Crippen molar-refractivity contribution in [3.8, 4) is 0 Å². The fraction of sp³-hybridized carbons (Fsp3) is 0.500. The highest BCUT2D eigenvalue weighted by molar-refractivity contribution is 5.82. The van der Waals surface area contributed by atoms with Gasteiger partial charge in [-0.2, -0.15) is 0 Å². The van der Waals surface area contributed by atoms with E-state index < -0.39 is 0 Å². The molecule has 0 bridgehead atoms. The van der Waals surface area contributed by atoms with Gasteiger partial charge in [0.15, 0.2) is 0 Å². The van der Waals surface area contributed by atoms with Gasteiger partial charge in [0.25, 0.3) is 0 Å². The fourth-order valence-electron chi connectivity index (χ4n) is 3.67. The van der Waals surface area contributed by atoms with Crippen LogP contribution in [0.5, 0.6) is 0 Å². The largest absolute Gasteiger partial charge is 0.252 e. The normalized spacial score (nSPS) is 27.2. The molecule has 0 N–H and O–H groups in total. The molecule has 1 heterocycles. The van der Waals surface area contributed by atoms with E-state index >= 15 is 0 Å². The summed E-state index contributed by atoms with van der Waals surface area (Å²) in [4.78, 5) is 0. The van der Waals surface area contributed by atoms with Crippen molar-refractivity contribution in [3.05, 3.63) is 35.5 Å². The monoisotopic (exact) mass is 224 g/mol. The quantitative estimate of drug-likeness (QED) is 0.677. The van der Waals surface area contributed by atoms with Crippen LogP contribution in [0, 0.1) is 11.8 Å². The topological polar surface area (TPSA) is 14.1 Å². The van der Waals surface area contributed by atoms with E-state index in [0.29, 0.717) is 0 Å². The maximum Gasteiger partial charge on any atom is 0.0708 e. The van der Waals surface area contributed by atoms with Gasteiger partial charge < -0.3 is 0 Å². The number of hydrogen-bond acceptors (Lipinski definition) is 0. The van der Waals surface area contributed by atoms with Gasteiger partial charge in [-0.25, -0.2) is 0 Å². The lowest BCUT2D eigenvalue weighted by Gasteiger charge is -2.36. The van der Waals surface area contributed by atoms with Crippen LogP contribution in [-0.4, -0.2) is 0 Å². The second-order valence-electron chi connectivity index (χ2n) is 5.68. The van der Waals surface area contributed by atoms with Crippen LogP contribution in [0.25, 0.3) is 5.57 Å². The summed E-state index contributed by atoms with van der Waals surface area (Å²) in [5.41, 5.74) is 5.68. The molecule has 1 saturated carbocycles. The van der Waals surface area contributed by atoms with Crippen LogP contribution >= 0.6 is 0 Å². The summed E-state index contributed by atoms with van der Waals surface area (Å²) < 4.78 is 0. The van der Waals surface area contributed by atoms with Gasteiger partial charge in [-0.15, -0.1) is 0 Å². The molecule has 87 valence electrons. The predicted octanol–water partition coefficient (Wildman–Crippen LogP) is 4.25. The SMILES string of the molecule is c1ccc2c(c1)[N]C1=C2CCCC1C1CCC1. The first kappa shape index (κ1) is 9.76. The first-order valence-electron chi connectivity index (χ1n) is 6.97. The lowest BCUT2D eigenvalue weighted by atomic mass is 9.69. The Kier molecular flexibility index (Phi) is 2.08. The Morgan fingerprint density at radius 2 is 1.88 bits per heavy atom. The van der Waals surface area contributed by atoms with Crippen LogP contribution in [0.3, 0.4) is 0 Å². The van der Waals surface area contributed by atoms with Crippen molar-refractivity contribution < 1.29 is 0 Å².